The summed E-state index contributed by atoms with van der Waals surface area (Å²) < 4.78 is 10.1. The van der Waals surface area contributed by atoms with Crippen molar-refractivity contribution in [2.24, 2.45) is 0 Å². The van der Waals surface area contributed by atoms with Crippen LogP contribution in [0, 0.1) is 10.1 Å². The van der Waals surface area contributed by atoms with Crippen molar-refractivity contribution in [3.05, 3.63) is 33.9 Å². The van der Waals surface area contributed by atoms with Crippen LogP contribution in [0.3, 0.4) is 0 Å². The Balaban J connectivity index is 2.81. The van der Waals surface area contributed by atoms with Crippen LogP contribution < -0.4 is 9.47 Å². The van der Waals surface area contributed by atoms with Crippen molar-refractivity contribution in [3.8, 4) is 11.5 Å². The van der Waals surface area contributed by atoms with Gasteiger partial charge in [0.1, 0.15) is 11.5 Å². The number of benzene rings is 1. The quantitative estimate of drug-likeness (QED) is 0.547. The van der Waals surface area contributed by atoms with Crippen LogP contribution in [0.1, 0.15) is 5.56 Å². The number of nitrogens with zero attached hydrogens (tertiary/aromatic N) is 1. The average Bonchev–Trinajstić information content (AvgIpc) is 2.25. The molecule has 0 saturated heterocycles. The molecular formula is C10H13NO4. The van der Waals surface area contributed by atoms with Crippen molar-refractivity contribution in [1.29, 1.82) is 0 Å². The van der Waals surface area contributed by atoms with E-state index in [1.807, 2.05) is 0 Å². The summed E-state index contributed by atoms with van der Waals surface area (Å²) in [4.78, 5) is 9.88. The molecular weight excluding hydrogens is 198 g/mol. The first-order valence-corrected chi connectivity index (χ1v) is 4.49. The first kappa shape index (κ1) is 11.3. The molecule has 0 atom stereocenters. The van der Waals surface area contributed by atoms with Crippen molar-refractivity contribution >= 4 is 0 Å². The maximum Gasteiger partial charge on any atom is 0.207 e. The van der Waals surface area contributed by atoms with Gasteiger partial charge in [0.15, 0.2) is 0 Å². The van der Waals surface area contributed by atoms with Gasteiger partial charge in [-0.25, -0.2) is 0 Å². The Labute approximate surface area is 87.8 Å². The summed E-state index contributed by atoms with van der Waals surface area (Å²) in [6.07, 6.45) is 0.376. The van der Waals surface area contributed by atoms with Gasteiger partial charge in [-0.15, -0.1) is 0 Å². The minimum atomic E-state index is -0.341. The standard InChI is InChI=1S/C10H13NO4/c1-14-9-5-8(3-4-11(12)13)6-10(7-9)15-2/h5-7H,3-4H2,1-2H3. The zero-order chi connectivity index (χ0) is 11.3. The fourth-order valence-electron chi connectivity index (χ4n) is 1.23. The Morgan fingerprint density at radius 2 is 1.73 bits per heavy atom. The highest BCUT2D eigenvalue weighted by atomic mass is 16.6. The summed E-state index contributed by atoms with van der Waals surface area (Å²) in [5, 5.41) is 10.2. The largest absolute Gasteiger partial charge is 0.497 e. The van der Waals surface area contributed by atoms with Crippen LogP contribution in [-0.4, -0.2) is 25.7 Å². The second-order valence-electron chi connectivity index (χ2n) is 3.03. The van der Waals surface area contributed by atoms with Crippen LogP contribution in [0.5, 0.6) is 11.5 Å². The molecule has 0 saturated carbocycles. The summed E-state index contributed by atoms with van der Waals surface area (Å²) in [5.74, 6) is 1.29. The van der Waals surface area contributed by atoms with Gasteiger partial charge in [-0.2, -0.15) is 0 Å². The highest BCUT2D eigenvalue weighted by Crippen LogP contribution is 2.22. The van der Waals surface area contributed by atoms with E-state index in [2.05, 4.69) is 0 Å². The Morgan fingerprint density at radius 3 is 2.13 bits per heavy atom. The Morgan fingerprint density at radius 1 is 1.20 bits per heavy atom. The van der Waals surface area contributed by atoms with E-state index in [-0.39, 0.29) is 11.5 Å². The molecule has 0 fully saturated rings. The molecule has 82 valence electrons. The van der Waals surface area contributed by atoms with Crippen LogP contribution >= 0.6 is 0 Å². The molecule has 0 radical (unpaired) electrons. The molecule has 5 heteroatoms. The number of nitro groups is 1. The van der Waals surface area contributed by atoms with Crippen LogP contribution in [-0.2, 0) is 6.42 Å². The van der Waals surface area contributed by atoms with Gasteiger partial charge in [-0.05, 0) is 17.7 Å². The van der Waals surface area contributed by atoms with Crippen LogP contribution in [0.25, 0.3) is 0 Å². The second kappa shape index (κ2) is 5.19. The fourth-order valence-corrected chi connectivity index (χ4v) is 1.23. The Hall–Kier alpha value is -1.78. The molecule has 0 heterocycles. The molecule has 0 aromatic heterocycles. The molecule has 1 rings (SSSR count). The van der Waals surface area contributed by atoms with E-state index in [1.54, 1.807) is 32.4 Å². The molecule has 0 bridgehead atoms. The van der Waals surface area contributed by atoms with E-state index >= 15 is 0 Å². The third kappa shape index (κ3) is 3.46. The van der Waals surface area contributed by atoms with E-state index in [9.17, 15) is 10.1 Å². The molecule has 0 N–H and O–H groups in total. The second-order valence-corrected chi connectivity index (χ2v) is 3.03. The first-order valence-electron chi connectivity index (χ1n) is 4.49. The molecule has 0 unspecified atom stereocenters. The predicted molar refractivity (Wildman–Crippen MR) is 55.1 cm³/mol. The molecule has 15 heavy (non-hydrogen) atoms. The van der Waals surface area contributed by atoms with E-state index < -0.39 is 0 Å². The van der Waals surface area contributed by atoms with Crippen molar-refractivity contribution in [3.63, 3.8) is 0 Å². The third-order valence-electron chi connectivity index (χ3n) is 1.99. The number of methoxy groups -OCH3 is 2. The van der Waals surface area contributed by atoms with E-state index in [0.717, 1.165) is 5.56 Å². The van der Waals surface area contributed by atoms with Crippen molar-refractivity contribution < 1.29 is 14.4 Å². The normalized spacial score (nSPS) is 9.73. The lowest BCUT2D eigenvalue weighted by molar-refractivity contribution is -0.479. The van der Waals surface area contributed by atoms with Crippen molar-refractivity contribution in [2.45, 2.75) is 6.42 Å². The fraction of sp³-hybridized carbons (Fsp3) is 0.400. The van der Waals surface area contributed by atoms with Crippen LogP contribution in [0.4, 0.5) is 0 Å². The summed E-state index contributed by atoms with van der Waals surface area (Å²) in [6, 6.07) is 5.27. The van der Waals surface area contributed by atoms with E-state index in [0.29, 0.717) is 17.9 Å². The number of ether oxygens (including phenoxy) is 2. The molecule has 0 aliphatic carbocycles. The minimum absolute atomic E-state index is 0.0870. The summed E-state index contributed by atoms with van der Waals surface area (Å²) >= 11 is 0. The molecule has 1 aromatic carbocycles. The summed E-state index contributed by atoms with van der Waals surface area (Å²) in [6.45, 7) is -0.0870. The topological polar surface area (TPSA) is 61.6 Å². The average molecular weight is 211 g/mol. The molecule has 0 spiro atoms. The van der Waals surface area contributed by atoms with Gasteiger partial charge in [0.2, 0.25) is 6.54 Å². The van der Waals surface area contributed by atoms with Crippen LogP contribution in [0.2, 0.25) is 0 Å². The highest BCUT2D eigenvalue weighted by molar-refractivity contribution is 5.38. The molecule has 0 amide bonds. The maximum absolute atomic E-state index is 10.2. The van der Waals surface area contributed by atoms with Gasteiger partial charge in [-0.1, -0.05) is 0 Å². The number of hydrogen-bond donors (Lipinski definition) is 0. The lowest BCUT2D eigenvalue weighted by atomic mass is 10.1. The van der Waals surface area contributed by atoms with Gasteiger partial charge in [-0.3, -0.25) is 10.1 Å². The third-order valence-corrected chi connectivity index (χ3v) is 1.99. The molecule has 0 aliphatic heterocycles. The summed E-state index contributed by atoms with van der Waals surface area (Å²) in [5.41, 5.74) is 0.836. The van der Waals surface area contributed by atoms with Crippen molar-refractivity contribution in [1.82, 2.24) is 0 Å². The van der Waals surface area contributed by atoms with Gasteiger partial charge in [0, 0.05) is 17.4 Å². The lowest BCUT2D eigenvalue weighted by Crippen LogP contribution is -2.04. The maximum atomic E-state index is 10.2. The SMILES string of the molecule is COc1cc(CC[N+](=O)[O-])cc(OC)c1. The van der Waals surface area contributed by atoms with Crippen LogP contribution in [0.15, 0.2) is 18.2 Å². The smallest absolute Gasteiger partial charge is 0.207 e. The zero-order valence-electron chi connectivity index (χ0n) is 8.73. The zero-order valence-corrected chi connectivity index (χ0v) is 8.73. The molecule has 1 aromatic rings. The van der Waals surface area contributed by atoms with E-state index in [4.69, 9.17) is 9.47 Å². The first-order chi connectivity index (χ1) is 7.15. The predicted octanol–water partition coefficient (Wildman–Crippen LogP) is 1.52. The van der Waals surface area contributed by atoms with Gasteiger partial charge in [0.05, 0.1) is 14.2 Å². The van der Waals surface area contributed by atoms with Crippen molar-refractivity contribution in [2.75, 3.05) is 20.8 Å². The highest BCUT2D eigenvalue weighted by Gasteiger charge is 2.04. The Bertz CT molecular complexity index is 329. The monoisotopic (exact) mass is 211 g/mol. The molecule has 0 aliphatic rings. The lowest BCUT2D eigenvalue weighted by Gasteiger charge is -2.06. The van der Waals surface area contributed by atoms with Gasteiger partial charge < -0.3 is 9.47 Å². The number of hydrogen-bond acceptors (Lipinski definition) is 4. The number of rotatable bonds is 5. The van der Waals surface area contributed by atoms with E-state index in [1.165, 1.54) is 0 Å². The summed E-state index contributed by atoms with van der Waals surface area (Å²) in [7, 11) is 3.10. The molecule has 5 nitrogen and oxygen atoms in total. The van der Waals surface area contributed by atoms with Gasteiger partial charge in [0.25, 0.3) is 0 Å². The Kier molecular flexibility index (Phi) is 3.91. The minimum Gasteiger partial charge on any atom is -0.497 e. The van der Waals surface area contributed by atoms with Gasteiger partial charge >= 0.3 is 0 Å².